The van der Waals surface area contributed by atoms with E-state index < -0.39 is 11.6 Å². The number of methoxy groups -OCH3 is 1. The number of nitrogens with one attached hydrogen (secondary N) is 1. The average Bonchev–Trinajstić information content (AvgIpc) is 2.85. The van der Waals surface area contributed by atoms with E-state index in [1.807, 2.05) is 29.2 Å². The Bertz CT molecular complexity index is 802. The summed E-state index contributed by atoms with van der Waals surface area (Å²) in [6.45, 7) is 5.78. The Hall–Kier alpha value is -1.79. The van der Waals surface area contributed by atoms with Crippen molar-refractivity contribution in [1.82, 2.24) is 15.1 Å². The van der Waals surface area contributed by atoms with E-state index in [2.05, 4.69) is 17.1 Å². The van der Waals surface area contributed by atoms with Gasteiger partial charge in [-0.05, 0) is 55.7 Å². The van der Waals surface area contributed by atoms with Gasteiger partial charge in [0.15, 0.2) is 0 Å². The summed E-state index contributed by atoms with van der Waals surface area (Å²) < 4.78 is 5.24. The molecule has 2 amide bonds. The molecule has 2 aliphatic heterocycles. The summed E-state index contributed by atoms with van der Waals surface area (Å²) in [4.78, 5) is 31.7. The molecule has 3 aliphatic rings. The molecule has 0 radical (unpaired) electrons. The monoisotopic (exact) mass is 491 g/mol. The van der Waals surface area contributed by atoms with Gasteiger partial charge in [-0.3, -0.25) is 9.59 Å². The molecular weight excluding hydrogens is 450 g/mol. The van der Waals surface area contributed by atoms with E-state index in [0.717, 1.165) is 62.5 Å². The molecule has 1 N–H and O–H groups in total. The Kier molecular flexibility index (Phi) is 9.66. The molecular formula is C27H42ClN3O3. The highest BCUT2D eigenvalue weighted by atomic mass is 35.5. The lowest BCUT2D eigenvalue weighted by atomic mass is 9.80. The number of carbonyl (C=O) groups excluding carboxylic acids is 2. The molecule has 0 bridgehead atoms. The van der Waals surface area contributed by atoms with Gasteiger partial charge >= 0.3 is 0 Å². The Balaban J connectivity index is 0.00000324. The van der Waals surface area contributed by atoms with Gasteiger partial charge in [0, 0.05) is 32.6 Å². The van der Waals surface area contributed by atoms with Gasteiger partial charge in [0.25, 0.3) is 0 Å². The van der Waals surface area contributed by atoms with Crippen molar-refractivity contribution in [3.05, 3.63) is 29.8 Å². The molecule has 3 fully saturated rings. The van der Waals surface area contributed by atoms with Gasteiger partial charge in [-0.25, -0.2) is 0 Å². The lowest BCUT2D eigenvalue weighted by Crippen LogP contribution is -2.73. The summed E-state index contributed by atoms with van der Waals surface area (Å²) in [5.74, 6) is 1.73. The second kappa shape index (κ2) is 12.3. The molecule has 1 saturated carbocycles. The van der Waals surface area contributed by atoms with Crippen LogP contribution in [0, 0.1) is 5.92 Å². The van der Waals surface area contributed by atoms with Crippen molar-refractivity contribution in [2.24, 2.45) is 5.92 Å². The van der Waals surface area contributed by atoms with Gasteiger partial charge in [-0.15, -0.1) is 12.4 Å². The number of ether oxygens (including phenoxy) is 1. The van der Waals surface area contributed by atoms with E-state index in [-0.39, 0.29) is 24.2 Å². The Morgan fingerprint density at radius 3 is 2.35 bits per heavy atom. The zero-order valence-electron chi connectivity index (χ0n) is 20.9. The number of nitrogens with zero attached hydrogens (tertiary/aromatic N) is 2. The SMILES string of the molecule is CCCCN1C(=O)[C@H](Cc2ccc(OC)cc2)NC(=O)C12CCN(CC1CCCCC1)CC2.Cl. The van der Waals surface area contributed by atoms with Crippen LogP contribution in [0.15, 0.2) is 24.3 Å². The molecule has 190 valence electrons. The summed E-state index contributed by atoms with van der Waals surface area (Å²) >= 11 is 0. The molecule has 6 nitrogen and oxygen atoms in total. The van der Waals surface area contributed by atoms with Gasteiger partial charge in [0.1, 0.15) is 17.3 Å². The van der Waals surface area contributed by atoms with Gasteiger partial charge in [-0.2, -0.15) is 0 Å². The maximum Gasteiger partial charge on any atom is 0.246 e. The molecule has 7 heteroatoms. The predicted molar refractivity (Wildman–Crippen MR) is 137 cm³/mol. The number of unbranched alkanes of at least 4 members (excludes halogenated alkanes) is 1. The Morgan fingerprint density at radius 2 is 1.74 bits per heavy atom. The van der Waals surface area contributed by atoms with Gasteiger partial charge in [-0.1, -0.05) is 44.7 Å². The van der Waals surface area contributed by atoms with Crippen molar-refractivity contribution in [2.75, 3.05) is 33.3 Å². The van der Waals surface area contributed by atoms with Gasteiger partial charge in [0.05, 0.1) is 7.11 Å². The van der Waals surface area contributed by atoms with Crippen LogP contribution < -0.4 is 10.1 Å². The normalized spacial score (nSPS) is 23.5. The van der Waals surface area contributed by atoms with Crippen LogP contribution in [-0.2, 0) is 16.0 Å². The van der Waals surface area contributed by atoms with Crippen LogP contribution >= 0.6 is 12.4 Å². The van der Waals surface area contributed by atoms with Crippen LogP contribution in [0.3, 0.4) is 0 Å². The minimum atomic E-state index is -0.675. The van der Waals surface area contributed by atoms with E-state index in [1.165, 1.54) is 32.1 Å². The van der Waals surface area contributed by atoms with Crippen LogP contribution in [0.1, 0.15) is 70.3 Å². The Labute approximate surface area is 211 Å². The van der Waals surface area contributed by atoms with E-state index in [4.69, 9.17) is 4.74 Å². The quantitative estimate of drug-likeness (QED) is 0.592. The lowest BCUT2D eigenvalue weighted by Gasteiger charge is -2.52. The van der Waals surface area contributed by atoms with Crippen LogP contribution in [0.5, 0.6) is 5.75 Å². The van der Waals surface area contributed by atoms with Crippen molar-refractivity contribution in [2.45, 2.75) is 82.7 Å². The van der Waals surface area contributed by atoms with E-state index in [1.54, 1.807) is 7.11 Å². The standard InChI is InChI=1S/C27H41N3O3.ClH/c1-3-4-16-30-25(31)24(19-21-10-12-23(33-2)13-11-21)28-26(32)27(30)14-17-29(18-15-27)20-22-8-6-5-7-9-22;/h10-13,22,24H,3-9,14-20H2,1-2H3,(H,28,32);1H/t24-;/m0./s1. The second-order valence-corrected chi connectivity index (χ2v) is 10.3. The first-order valence-corrected chi connectivity index (χ1v) is 13.0. The fourth-order valence-corrected chi connectivity index (χ4v) is 5.99. The van der Waals surface area contributed by atoms with Crippen molar-refractivity contribution >= 4 is 24.2 Å². The molecule has 4 rings (SSSR count). The third-order valence-corrected chi connectivity index (χ3v) is 8.07. The molecule has 0 unspecified atom stereocenters. The fraction of sp³-hybridized carbons (Fsp3) is 0.704. The number of benzene rings is 1. The molecule has 1 atom stereocenters. The highest BCUT2D eigenvalue weighted by molar-refractivity contribution is 6.00. The van der Waals surface area contributed by atoms with E-state index in [0.29, 0.717) is 13.0 Å². The molecule has 0 aromatic heterocycles. The third-order valence-electron chi connectivity index (χ3n) is 8.07. The smallest absolute Gasteiger partial charge is 0.246 e. The summed E-state index contributed by atoms with van der Waals surface area (Å²) in [6, 6.07) is 7.27. The first-order valence-electron chi connectivity index (χ1n) is 13.0. The summed E-state index contributed by atoms with van der Waals surface area (Å²) in [7, 11) is 1.64. The first kappa shape index (κ1) is 26.8. The van der Waals surface area contributed by atoms with Crippen molar-refractivity contribution in [3.8, 4) is 5.75 Å². The number of hydrogen-bond donors (Lipinski definition) is 1. The van der Waals surface area contributed by atoms with Crippen LogP contribution in [-0.4, -0.2) is 66.5 Å². The summed E-state index contributed by atoms with van der Waals surface area (Å²) in [5.41, 5.74) is 0.356. The maximum absolute atomic E-state index is 13.6. The van der Waals surface area contributed by atoms with E-state index >= 15 is 0 Å². The predicted octanol–water partition coefficient (Wildman–Crippen LogP) is 4.20. The largest absolute Gasteiger partial charge is 0.497 e. The molecule has 1 aliphatic carbocycles. The number of likely N-dealkylation sites (tertiary alicyclic amines) is 1. The van der Waals surface area contributed by atoms with Gasteiger partial charge < -0.3 is 19.9 Å². The lowest BCUT2D eigenvalue weighted by molar-refractivity contribution is -0.161. The molecule has 34 heavy (non-hydrogen) atoms. The minimum Gasteiger partial charge on any atom is -0.497 e. The van der Waals surface area contributed by atoms with Crippen molar-refractivity contribution < 1.29 is 14.3 Å². The van der Waals surface area contributed by atoms with Crippen molar-refractivity contribution in [1.29, 1.82) is 0 Å². The summed E-state index contributed by atoms with van der Waals surface area (Å²) in [5, 5.41) is 3.13. The number of halogens is 1. The number of carbonyl (C=O) groups is 2. The van der Waals surface area contributed by atoms with Crippen LogP contribution in [0.2, 0.25) is 0 Å². The van der Waals surface area contributed by atoms with Crippen LogP contribution in [0.25, 0.3) is 0 Å². The highest BCUT2D eigenvalue weighted by Gasteiger charge is 2.53. The second-order valence-electron chi connectivity index (χ2n) is 10.3. The molecule has 1 aromatic carbocycles. The zero-order valence-corrected chi connectivity index (χ0v) is 21.7. The summed E-state index contributed by atoms with van der Waals surface area (Å²) in [6.07, 6.45) is 10.7. The topological polar surface area (TPSA) is 61.9 Å². The van der Waals surface area contributed by atoms with Crippen molar-refractivity contribution in [3.63, 3.8) is 0 Å². The van der Waals surface area contributed by atoms with Gasteiger partial charge in [0.2, 0.25) is 11.8 Å². The molecule has 1 spiro atoms. The average molecular weight is 492 g/mol. The third kappa shape index (κ3) is 5.88. The fourth-order valence-electron chi connectivity index (χ4n) is 5.99. The maximum atomic E-state index is 13.6. The van der Waals surface area contributed by atoms with E-state index in [9.17, 15) is 9.59 Å². The van der Waals surface area contributed by atoms with Crippen LogP contribution in [0.4, 0.5) is 0 Å². The number of hydrogen-bond acceptors (Lipinski definition) is 4. The highest BCUT2D eigenvalue weighted by Crippen LogP contribution is 2.35. The number of piperidine rings is 1. The molecule has 2 saturated heterocycles. The zero-order chi connectivity index (χ0) is 23.3. The molecule has 1 aromatic rings. The number of amides is 2. The molecule has 2 heterocycles. The minimum absolute atomic E-state index is 0. The Morgan fingerprint density at radius 1 is 1.06 bits per heavy atom. The number of rotatable bonds is 8. The first-order chi connectivity index (χ1) is 16.1. The number of piperazine rings is 1.